The Balaban J connectivity index is 1.67. The maximum atomic E-state index is 12.0. The topological polar surface area (TPSA) is 52.3 Å². The summed E-state index contributed by atoms with van der Waals surface area (Å²) < 4.78 is 5.68. The molecule has 0 aromatic heterocycles. The monoisotopic (exact) mass is 265 g/mol. The van der Waals surface area contributed by atoms with E-state index in [0.29, 0.717) is 5.92 Å². The summed E-state index contributed by atoms with van der Waals surface area (Å²) >= 11 is 0. The van der Waals surface area contributed by atoms with Gasteiger partial charge in [0.15, 0.2) is 0 Å². The van der Waals surface area contributed by atoms with Gasteiger partial charge in [-0.05, 0) is 76.5 Å². The van der Waals surface area contributed by atoms with Gasteiger partial charge in [0.2, 0.25) is 0 Å². The van der Waals surface area contributed by atoms with Crippen LogP contribution in [0, 0.1) is 29.6 Å². The average Bonchev–Trinajstić information content (AvgIpc) is 2.25. The van der Waals surface area contributed by atoms with E-state index in [2.05, 4.69) is 6.92 Å². The molecule has 0 radical (unpaired) electrons. The lowest BCUT2D eigenvalue weighted by molar-refractivity contribution is -0.165. The second kappa shape index (κ2) is 4.47. The van der Waals surface area contributed by atoms with E-state index in [1.165, 1.54) is 32.1 Å². The van der Waals surface area contributed by atoms with E-state index in [9.17, 15) is 4.79 Å². The molecular weight excluding hydrogens is 238 g/mol. The van der Waals surface area contributed by atoms with Gasteiger partial charge in [-0.25, -0.2) is 0 Å². The summed E-state index contributed by atoms with van der Waals surface area (Å²) in [5.74, 6) is 3.84. The summed E-state index contributed by atoms with van der Waals surface area (Å²) in [5.41, 5.74) is 4.95. The molecule has 4 bridgehead atoms. The molecule has 4 aliphatic carbocycles. The van der Waals surface area contributed by atoms with Crippen LogP contribution in [0.3, 0.4) is 0 Å². The van der Waals surface area contributed by atoms with Crippen molar-refractivity contribution in [1.82, 2.24) is 0 Å². The fourth-order valence-electron chi connectivity index (χ4n) is 5.13. The molecule has 0 spiro atoms. The molecule has 1 unspecified atom stereocenters. The molecule has 0 amide bonds. The maximum absolute atomic E-state index is 12.0. The van der Waals surface area contributed by atoms with Crippen molar-refractivity contribution in [2.45, 2.75) is 64.5 Å². The Kier molecular flexibility index (Phi) is 3.16. The molecule has 1 atom stereocenters. The van der Waals surface area contributed by atoms with Crippen LogP contribution in [-0.4, -0.2) is 17.6 Å². The lowest BCUT2D eigenvalue weighted by Crippen LogP contribution is -2.51. The van der Waals surface area contributed by atoms with Gasteiger partial charge in [-0.3, -0.25) is 4.79 Å². The molecule has 0 aliphatic heterocycles. The first kappa shape index (κ1) is 13.4. The zero-order valence-electron chi connectivity index (χ0n) is 12.4. The van der Waals surface area contributed by atoms with Gasteiger partial charge in [0.05, 0.1) is 0 Å². The number of ether oxygens (including phenoxy) is 1. The Labute approximate surface area is 116 Å². The Morgan fingerprint density at radius 2 is 1.58 bits per heavy atom. The lowest BCUT2D eigenvalue weighted by Gasteiger charge is -2.55. The van der Waals surface area contributed by atoms with Crippen molar-refractivity contribution in [2.24, 2.45) is 35.3 Å². The van der Waals surface area contributed by atoms with E-state index >= 15 is 0 Å². The molecule has 3 nitrogen and oxygen atoms in total. The quantitative estimate of drug-likeness (QED) is 0.798. The Bertz CT molecular complexity index is 343. The summed E-state index contributed by atoms with van der Waals surface area (Å²) in [5, 5.41) is 0. The van der Waals surface area contributed by atoms with E-state index in [0.717, 1.165) is 23.7 Å². The van der Waals surface area contributed by atoms with Crippen molar-refractivity contribution in [2.75, 3.05) is 0 Å². The van der Waals surface area contributed by atoms with Crippen LogP contribution in [0.15, 0.2) is 0 Å². The van der Waals surface area contributed by atoms with Crippen LogP contribution in [0.2, 0.25) is 0 Å². The van der Waals surface area contributed by atoms with Gasteiger partial charge in [0.25, 0.3) is 0 Å². The number of carbonyl (C=O) groups excluding carboxylic acids is 1. The Morgan fingerprint density at radius 3 is 2.00 bits per heavy atom. The molecule has 0 aromatic carbocycles. The van der Waals surface area contributed by atoms with Crippen molar-refractivity contribution in [3.05, 3.63) is 0 Å². The molecule has 108 valence electrons. The number of nitrogens with two attached hydrogens (primary N) is 1. The minimum absolute atomic E-state index is 0.0327. The second-order valence-corrected chi connectivity index (χ2v) is 7.84. The first-order valence-electron chi connectivity index (χ1n) is 7.84. The normalized spacial score (nSPS) is 42.2. The third kappa shape index (κ3) is 2.42. The standard InChI is InChI=1S/C16H27NO2/c1-9(19-15(18)16(2,3)17)14-12-5-10-4-11(7-12)8-13(14)6-10/h9-14H,4-8,17H2,1-3H3. The average molecular weight is 265 g/mol. The number of hydrogen-bond acceptors (Lipinski definition) is 3. The van der Waals surface area contributed by atoms with Crippen molar-refractivity contribution in [1.29, 1.82) is 0 Å². The fraction of sp³-hybridized carbons (Fsp3) is 0.938. The molecule has 0 saturated heterocycles. The molecular formula is C16H27NO2. The van der Waals surface area contributed by atoms with Gasteiger partial charge < -0.3 is 10.5 Å². The van der Waals surface area contributed by atoms with Crippen LogP contribution in [0.25, 0.3) is 0 Å². The predicted molar refractivity (Wildman–Crippen MR) is 74.4 cm³/mol. The molecule has 4 saturated carbocycles. The van der Waals surface area contributed by atoms with E-state index in [1.807, 2.05) is 0 Å². The van der Waals surface area contributed by atoms with Gasteiger partial charge >= 0.3 is 5.97 Å². The van der Waals surface area contributed by atoms with Crippen molar-refractivity contribution >= 4 is 5.97 Å². The maximum Gasteiger partial charge on any atom is 0.325 e. The zero-order chi connectivity index (χ0) is 13.8. The summed E-state index contributed by atoms with van der Waals surface area (Å²) in [7, 11) is 0. The first-order valence-corrected chi connectivity index (χ1v) is 7.84. The van der Waals surface area contributed by atoms with Crippen LogP contribution in [0.5, 0.6) is 0 Å². The number of carbonyl (C=O) groups is 1. The molecule has 3 heteroatoms. The lowest BCUT2D eigenvalue weighted by atomic mass is 9.51. The SMILES string of the molecule is CC(OC(=O)C(C)(C)N)C1C2CC3CC(C2)CC1C3. The van der Waals surface area contributed by atoms with Crippen molar-refractivity contribution in [3.63, 3.8) is 0 Å². The minimum atomic E-state index is -0.875. The predicted octanol–water partition coefficient (Wildman–Crippen LogP) is 2.73. The second-order valence-electron chi connectivity index (χ2n) is 7.84. The largest absolute Gasteiger partial charge is 0.461 e. The van der Waals surface area contributed by atoms with Gasteiger partial charge in [-0.1, -0.05) is 0 Å². The van der Waals surface area contributed by atoms with E-state index < -0.39 is 5.54 Å². The summed E-state index contributed by atoms with van der Waals surface area (Å²) in [4.78, 5) is 12.0. The van der Waals surface area contributed by atoms with Gasteiger partial charge in [0.1, 0.15) is 11.6 Å². The number of esters is 1. The zero-order valence-corrected chi connectivity index (χ0v) is 12.4. The van der Waals surface area contributed by atoms with Crippen molar-refractivity contribution < 1.29 is 9.53 Å². The van der Waals surface area contributed by atoms with Crippen LogP contribution in [0.4, 0.5) is 0 Å². The molecule has 19 heavy (non-hydrogen) atoms. The van der Waals surface area contributed by atoms with Gasteiger partial charge in [-0.2, -0.15) is 0 Å². The van der Waals surface area contributed by atoms with Crippen LogP contribution < -0.4 is 5.73 Å². The summed E-state index contributed by atoms with van der Waals surface area (Å²) in [6, 6.07) is 0. The van der Waals surface area contributed by atoms with Crippen LogP contribution in [-0.2, 0) is 9.53 Å². The van der Waals surface area contributed by atoms with Crippen molar-refractivity contribution in [3.8, 4) is 0 Å². The summed E-state index contributed by atoms with van der Waals surface area (Å²) in [6.07, 6.45) is 6.96. The van der Waals surface area contributed by atoms with Crippen LogP contribution >= 0.6 is 0 Å². The Morgan fingerprint density at radius 1 is 1.11 bits per heavy atom. The highest BCUT2D eigenvalue weighted by molar-refractivity contribution is 5.79. The molecule has 0 aromatic rings. The molecule has 2 N–H and O–H groups in total. The molecule has 4 aliphatic rings. The van der Waals surface area contributed by atoms with E-state index in [1.54, 1.807) is 13.8 Å². The smallest absolute Gasteiger partial charge is 0.325 e. The number of rotatable bonds is 3. The number of hydrogen-bond donors (Lipinski definition) is 1. The van der Waals surface area contributed by atoms with Crippen LogP contribution in [0.1, 0.15) is 52.9 Å². The van der Waals surface area contributed by atoms with Gasteiger partial charge in [0, 0.05) is 5.92 Å². The highest BCUT2D eigenvalue weighted by atomic mass is 16.5. The summed E-state index contributed by atoms with van der Waals surface area (Å²) in [6.45, 7) is 5.52. The molecule has 4 rings (SSSR count). The highest BCUT2D eigenvalue weighted by Gasteiger charge is 2.50. The van der Waals surface area contributed by atoms with E-state index in [-0.39, 0.29) is 12.1 Å². The molecule has 0 heterocycles. The minimum Gasteiger partial charge on any atom is -0.461 e. The fourth-order valence-corrected chi connectivity index (χ4v) is 5.13. The third-order valence-corrected chi connectivity index (χ3v) is 5.66. The molecule has 4 fully saturated rings. The Hall–Kier alpha value is -0.570. The van der Waals surface area contributed by atoms with E-state index in [4.69, 9.17) is 10.5 Å². The highest BCUT2D eigenvalue weighted by Crippen LogP contribution is 2.57. The van der Waals surface area contributed by atoms with Gasteiger partial charge in [-0.15, -0.1) is 0 Å². The first-order chi connectivity index (χ1) is 8.84. The third-order valence-electron chi connectivity index (χ3n) is 5.66.